The van der Waals surface area contributed by atoms with Crippen LogP contribution in [0.25, 0.3) is 22.6 Å². The molecule has 33 heavy (non-hydrogen) atoms. The highest BCUT2D eigenvalue weighted by Gasteiger charge is 2.42. The molecule has 0 saturated carbocycles. The fourth-order valence-corrected chi connectivity index (χ4v) is 4.97. The summed E-state index contributed by atoms with van der Waals surface area (Å²) in [6.45, 7) is 3.19. The highest BCUT2D eigenvalue weighted by atomic mass is 16.2. The van der Waals surface area contributed by atoms with Crippen molar-refractivity contribution >= 4 is 11.9 Å². The van der Waals surface area contributed by atoms with E-state index in [0.717, 1.165) is 48.9 Å². The molecule has 1 N–H and O–H groups in total. The Hall–Kier alpha value is -4.07. The minimum atomic E-state index is 0.0466. The Bertz CT molecular complexity index is 1260. The monoisotopic (exact) mass is 437 g/mol. The van der Waals surface area contributed by atoms with Crippen LogP contribution in [0.15, 0.2) is 73.2 Å². The van der Waals surface area contributed by atoms with Gasteiger partial charge in [-0.15, -0.1) is 0 Å². The number of carbonyl (C=O) groups excluding carboxylic acids is 1. The third kappa shape index (κ3) is 3.63. The highest BCUT2D eigenvalue weighted by Crippen LogP contribution is 2.34. The third-order valence-electron chi connectivity index (χ3n) is 6.60. The summed E-state index contributed by atoms with van der Waals surface area (Å²) in [6.07, 6.45) is 3.29. The lowest BCUT2D eigenvalue weighted by Gasteiger charge is -2.22. The number of aromatic nitrogens is 5. The van der Waals surface area contributed by atoms with Crippen LogP contribution in [0.5, 0.6) is 0 Å². The smallest absolute Gasteiger partial charge is 0.254 e. The largest absolute Gasteiger partial charge is 0.340 e. The maximum absolute atomic E-state index is 13.4. The first-order chi connectivity index (χ1) is 16.3. The fraction of sp³-hybridized carbons (Fsp3) is 0.240. The molecule has 8 nitrogen and oxygen atoms in total. The van der Waals surface area contributed by atoms with E-state index in [2.05, 4.69) is 37.2 Å². The van der Waals surface area contributed by atoms with Gasteiger partial charge in [0.1, 0.15) is 6.33 Å². The van der Waals surface area contributed by atoms with Gasteiger partial charge >= 0.3 is 0 Å². The molecule has 164 valence electrons. The molecule has 2 unspecified atom stereocenters. The summed E-state index contributed by atoms with van der Waals surface area (Å²) in [6, 6.07) is 19.7. The molecule has 0 aliphatic carbocycles. The van der Waals surface area contributed by atoms with Gasteiger partial charge in [0.05, 0.1) is 11.3 Å². The zero-order chi connectivity index (χ0) is 22.2. The van der Waals surface area contributed by atoms with Gasteiger partial charge in [-0.3, -0.25) is 9.89 Å². The van der Waals surface area contributed by atoms with E-state index in [1.807, 2.05) is 59.6 Å². The van der Waals surface area contributed by atoms with E-state index >= 15 is 0 Å². The van der Waals surface area contributed by atoms with Gasteiger partial charge in [0.15, 0.2) is 5.82 Å². The lowest BCUT2D eigenvalue weighted by molar-refractivity contribution is 0.0783. The lowest BCUT2D eigenvalue weighted by Crippen LogP contribution is -2.34. The molecule has 4 aromatic rings. The molecule has 4 heterocycles. The lowest BCUT2D eigenvalue weighted by atomic mass is 10.0. The quantitative estimate of drug-likeness (QED) is 0.528. The summed E-state index contributed by atoms with van der Waals surface area (Å²) < 4.78 is 0. The Balaban J connectivity index is 1.17. The third-order valence-corrected chi connectivity index (χ3v) is 6.60. The van der Waals surface area contributed by atoms with Crippen LogP contribution in [0.1, 0.15) is 10.4 Å². The van der Waals surface area contributed by atoms with Gasteiger partial charge in [0.2, 0.25) is 5.95 Å². The van der Waals surface area contributed by atoms with Gasteiger partial charge in [-0.05, 0) is 12.1 Å². The van der Waals surface area contributed by atoms with E-state index in [1.54, 1.807) is 0 Å². The molecule has 2 aliphatic rings. The molecule has 2 aromatic heterocycles. The van der Waals surface area contributed by atoms with Crippen molar-refractivity contribution in [3.63, 3.8) is 0 Å². The molecule has 2 saturated heterocycles. The van der Waals surface area contributed by atoms with Gasteiger partial charge in [0, 0.05) is 55.3 Å². The zero-order valence-corrected chi connectivity index (χ0v) is 18.0. The fourth-order valence-electron chi connectivity index (χ4n) is 4.97. The number of hydrogen-bond acceptors (Lipinski definition) is 6. The van der Waals surface area contributed by atoms with Crippen LogP contribution in [-0.4, -0.2) is 62.1 Å². The van der Waals surface area contributed by atoms with Crippen LogP contribution in [0.4, 0.5) is 5.95 Å². The Kier molecular flexibility index (Phi) is 4.83. The Labute approximate surface area is 191 Å². The molecular formula is C25H23N7O. The van der Waals surface area contributed by atoms with Crippen LogP contribution in [0.2, 0.25) is 0 Å². The molecule has 2 aliphatic heterocycles. The van der Waals surface area contributed by atoms with E-state index in [-0.39, 0.29) is 5.91 Å². The first kappa shape index (κ1) is 19.6. The van der Waals surface area contributed by atoms with E-state index in [1.165, 1.54) is 6.33 Å². The van der Waals surface area contributed by atoms with Crippen molar-refractivity contribution in [2.24, 2.45) is 11.8 Å². The zero-order valence-electron chi connectivity index (χ0n) is 18.0. The van der Waals surface area contributed by atoms with Crippen LogP contribution in [0.3, 0.4) is 0 Å². The van der Waals surface area contributed by atoms with Gasteiger partial charge in [-0.2, -0.15) is 5.10 Å². The average Bonchev–Trinajstić information content (AvgIpc) is 3.61. The van der Waals surface area contributed by atoms with Crippen LogP contribution in [0, 0.1) is 11.8 Å². The summed E-state index contributed by atoms with van der Waals surface area (Å²) in [7, 11) is 0. The van der Waals surface area contributed by atoms with Gasteiger partial charge in [0.25, 0.3) is 5.91 Å². The average molecular weight is 438 g/mol. The highest BCUT2D eigenvalue weighted by molar-refractivity contribution is 6.00. The van der Waals surface area contributed by atoms with Gasteiger partial charge in [-0.25, -0.2) is 15.0 Å². The normalized spacial score (nSPS) is 19.6. The topological polar surface area (TPSA) is 90.9 Å². The molecule has 0 spiro atoms. The summed E-state index contributed by atoms with van der Waals surface area (Å²) in [4.78, 5) is 31.2. The number of rotatable bonds is 4. The number of carbonyl (C=O) groups is 1. The van der Waals surface area contributed by atoms with Crippen molar-refractivity contribution in [2.45, 2.75) is 0 Å². The number of nitrogens with zero attached hydrogens (tertiary/aromatic N) is 6. The second kappa shape index (κ2) is 8.12. The van der Waals surface area contributed by atoms with Crippen molar-refractivity contribution in [3.05, 3.63) is 78.8 Å². The maximum Gasteiger partial charge on any atom is 0.254 e. The Morgan fingerprint density at radius 1 is 0.879 bits per heavy atom. The number of fused-ring (bicyclic) bond motifs is 1. The number of likely N-dealkylation sites (tertiary alicyclic amines) is 1. The minimum Gasteiger partial charge on any atom is -0.340 e. The second-order valence-electron chi connectivity index (χ2n) is 8.62. The summed E-state index contributed by atoms with van der Waals surface area (Å²) >= 11 is 0. The molecule has 2 fully saturated rings. The van der Waals surface area contributed by atoms with Crippen LogP contribution >= 0.6 is 0 Å². The van der Waals surface area contributed by atoms with Crippen molar-refractivity contribution < 1.29 is 4.79 Å². The molecule has 0 bridgehead atoms. The number of H-pyrrole nitrogens is 1. The SMILES string of the molecule is O=C(c1ccccc1-c1ncn[nH]1)N1CC2CN(c3nccc(-c4ccccc4)n3)CC2C1. The van der Waals surface area contributed by atoms with E-state index in [9.17, 15) is 4.79 Å². The van der Waals surface area contributed by atoms with Crippen LogP contribution in [-0.2, 0) is 0 Å². The standard InChI is InChI=1S/C25H23N7O/c33-24(21-9-5-4-8-20(21)23-27-16-28-30-23)31-12-18-14-32(15-19(18)13-31)25-26-11-10-22(29-25)17-6-2-1-3-7-17/h1-11,16,18-19H,12-15H2,(H,27,28,30). The van der Waals surface area contributed by atoms with Gasteiger partial charge in [-0.1, -0.05) is 48.5 Å². The van der Waals surface area contributed by atoms with Crippen molar-refractivity contribution in [2.75, 3.05) is 31.1 Å². The first-order valence-corrected chi connectivity index (χ1v) is 11.1. The maximum atomic E-state index is 13.4. The molecule has 2 atom stereocenters. The molecule has 0 radical (unpaired) electrons. The summed E-state index contributed by atoms with van der Waals surface area (Å²) in [5, 5.41) is 6.79. The predicted octanol–water partition coefficient (Wildman–Crippen LogP) is 3.14. The number of hydrogen-bond donors (Lipinski definition) is 1. The molecular weight excluding hydrogens is 414 g/mol. The van der Waals surface area contributed by atoms with Crippen molar-refractivity contribution in [3.8, 4) is 22.6 Å². The first-order valence-electron chi connectivity index (χ1n) is 11.1. The molecule has 1 amide bonds. The van der Waals surface area contributed by atoms with E-state index < -0.39 is 0 Å². The number of amides is 1. The van der Waals surface area contributed by atoms with Crippen LogP contribution < -0.4 is 4.90 Å². The number of nitrogens with one attached hydrogen (secondary N) is 1. The van der Waals surface area contributed by atoms with E-state index in [0.29, 0.717) is 23.2 Å². The Morgan fingerprint density at radius 3 is 2.39 bits per heavy atom. The molecule has 2 aromatic carbocycles. The van der Waals surface area contributed by atoms with Crippen molar-refractivity contribution in [1.29, 1.82) is 0 Å². The number of anilines is 1. The predicted molar refractivity (Wildman–Crippen MR) is 124 cm³/mol. The molecule has 6 rings (SSSR count). The minimum absolute atomic E-state index is 0.0466. The van der Waals surface area contributed by atoms with Gasteiger partial charge < -0.3 is 9.80 Å². The summed E-state index contributed by atoms with van der Waals surface area (Å²) in [5.41, 5.74) is 3.45. The Morgan fingerprint density at radius 2 is 1.64 bits per heavy atom. The number of aromatic amines is 1. The second-order valence-corrected chi connectivity index (χ2v) is 8.62. The number of benzene rings is 2. The molecule has 8 heteroatoms. The van der Waals surface area contributed by atoms with E-state index in [4.69, 9.17) is 4.98 Å². The summed E-state index contributed by atoms with van der Waals surface area (Å²) in [5.74, 6) is 2.25. The van der Waals surface area contributed by atoms with Crippen molar-refractivity contribution in [1.82, 2.24) is 30.0 Å².